The zero-order valence-electron chi connectivity index (χ0n) is 28.6. The van der Waals surface area contributed by atoms with Crippen molar-refractivity contribution in [2.24, 2.45) is 5.73 Å². The van der Waals surface area contributed by atoms with Gasteiger partial charge in [-0.25, -0.2) is 0 Å². The first-order chi connectivity index (χ1) is 25.3. The van der Waals surface area contributed by atoms with Gasteiger partial charge in [0.2, 0.25) is 0 Å². The molecule has 16 heteroatoms. The quantitative estimate of drug-likeness (QED) is 0.302. The Morgan fingerprint density at radius 1 is 0.846 bits per heavy atom. The van der Waals surface area contributed by atoms with Crippen LogP contribution in [0.3, 0.4) is 0 Å². The third kappa shape index (κ3) is 7.31. The van der Waals surface area contributed by atoms with Gasteiger partial charge in [0.1, 0.15) is 10.5 Å². The van der Waals surface area contributed by atoms with Crippen molar-refractivity contribution in [3.63, 3.8) is 0 Å². The van der Waals surface area contributed by atoms with Crippen molar-refractivity contribution < 1.29 is 38.0 Å². The average Bonchev–Trinajstić information content (AvgIpc) is 3.51. The lowest BCUT2D eigenvalue weighted by Gasteiger charge is -2.27. The Bertz CT molecular complexity index is 2170. The molecular weight excluding hydrogens is 692 g/mol. The molecule has 52 heavy (non-hydrogen) atoms. The van der Waals surface area contributed by atoms with Crippen LogP contribution in [0.5, 0.6) is 23.0 Å². The van der Waals surface area contributed by atoms with Crippen molar-refractivity contribution in [2.75, 3.05) is 80.0 Å². The lowest BCUT2D eigenvalue weighted by atomic mass is 9.84. The second-order valence-corrected chi connectivity index (χ2v) is 12.8. The first kappa shape index (κ1) is 36.0. The third-order valence-corrected chi connectivity index (χ3v) is 9.93. The second-order valence-electron chi connectivity index (χ2n) is 11.8. The summed E-state index contributed by atoms with van der Waals surface area (Å²) in [5, 5.41) is 20.7. The fraction of sp³-hybridized carbons (Fsp3) is 0.361. The fourth-order valence-corrected chi connectivity index (χ4v) is 7.23. The van der Waals surface area contributed by atoms with Crippen molar-refractivity contribution in [2.45, 2.75) is 5.92 Å². The molecule has 4 heterocycles. The molecule has 1 atom stereocenters. The number of benzene rings is 2. The van der Waals surface area contributed by atoms with Crippen LogP contribution in [-0.4, -0.2) is 106 Å². The Hall–Kier alpha value is -5.81. The number of amides is 2. The summed E-state index contributed by atoms with van der Waals surface area (Å²) < 4.78 is 35.0. The molecule has 0 radical (unpaired) electrons. The van der Waals surface area contributed by atoms with Gasteiger partial charge in [-0.2, -0.15) is 10.5 Å². The van der Waals surface area contributed by atoms with Crippen LogP contribution in [0.1, 0.15) is 17.0 Å². The van der Waals surface area contributed by atoms with Crippen LogP contribution in [0.25, 0.3) is 17.5 Å². The van der Waals surface area contributed by atoms with Gasteiger partial charge in [-0.1, -0.05) is 12.1 Å². The van der Waals surface area contributed by atoms with E-state index in [1.54, 1.807) is 52.3 Å². The molecule has 3 aliphatic rings. The van der Waals surface area contributed by atoms with E-state index in [4.69, 9.17) is 34.2 Å². The normalized spacial score (nSPS) is 17.6. The van der Waals surface area contributed by atoms with Gasteiger partial charge >= 0.3 is 0 Å². The smallest absolute Gasteiger partial charge is 0.274 e. The number of nitriles is 2. The van der Waals surface area contributed by atoms with E-state index in [1.807, 2.05) is 0 Å². The van der Waals surface area contributed by atoms with E-state index in [9.17, 15) is 24.9 Å². The fourth-order valence-electron chi connectivity index (χ4n) is 6.10. The Morgan fingerprint density at radius 3 is 1.92 bits per heavy atom. The highest BCUT2D eigenvalue weighted by molar-refractivity contribution is 7.07. The number of hydrogen-bond acceptors (Lipinski definition) is 13. The number of methoxy groups -OCH3 is 2. The topological polar surface area (TPSA) is 192 Å². The van der Waals surface area contributed by atoms with Crippen molar-refractivity contribution >= 4 is 40.6 Å². The van der Waals surface area contributed by atoms with Gasteiger partial charge in [-0.3, -0.25) is 19.0 Å². The minimum atomic E-state index is -0.907. The monoisotopic (exact) mass is 728 g/mol. The number of nitrogens with zero attached hydrogens (tertiary/aromatic N) is 5. The SMILES string of the molecule is COc1cc(/C=c2\sc3n(c2=O)C(N)=C(C#N)[C@H](c2ccc(OCC(=O)N4CCOCC4)c(OC)c2)C=3C#N)ccc1OCC(=O)N1CCOCC1. The summed E-state index contributed by atoms with van der Waals surface area (Å²) in [6.45, 7) is 3.50. The Labute approximate surface area is 302 Å². The summed E-state index contributed by atoms with van der Waals surface area (Å²) in [6, 6.07) is 14.2. The van der Waals surface area contributed by atoms with Crippen LogP contribution >= 0.6 is 11.3 Å². The van der Waals surface area contributed by atoms with Gasteiger partial charge in [0.25, 0.3) is 17.4 Å². The van der Waals surface area contributed by atoms with Gasteiger partial charge in [-0.15, -0.1) is 11.3 Å². The third-order valence-electron chi connectivity index (χ3n) is 8.83. The van der Waals surface area contributed by atoms with Crippen LogP contribution < -0.4 is 39.4 Å². The first-order valence-corrected chi connectivity index (χ1v) is 17.2. The van der Waals surface area contributed by atoms with E-state index in [0.29, 0.717) is 81.0 Å². The van der Waals surface area contributed by atoms with Gasteiger partial charge in [0.05, 0.1) is 74.4 Å². The number of carbonyl (C=O) groups excluding carboxylic acids is 2. The highest BCUT2D eigenvalue weighted by Gasteiger charge is 2.33. The Balaban J connectivity index is 1.30. The number of thiazole rings is 1. The van der Waals surface area contributed by atoms with Gasteiger partial charge < -0.3 is 44.0 Å². The molecule has 2 saturated heterocycles. The number of allylic oxidation sites excluding steroid dienone is 1. The van der Waals surface area contributed by atoms with Crippen LogP contribution in [0.15, 0.2) is 46.8 Å². The number of ether oxygens (including phenoxy) is 6. The minimum absolute atomic E-state index is 0.0171. The standard InChI is InChI=1S/C36H36N6O9S/c1-46-28-15-22(3-5-26(28)50-20-31(43)40-7-11-48-12-8-40)16-30-35(45)42-34(39)24(18-37)33(25(19-38)36(42)52-30)23-4-6-27(29(17-23)47-2)51-21-32(44)41-9-13-49-14-10-41/h3-6,15-17,33H,7-14,20-21,39H2,1-2H3/b30-16-/t33-/m0/s1. The zero-order chi connectivity index (χ0) is 36.8. The Morgan fingerprint density at radius 2 is 1.38 bits per heavy atom. The van der Waals surface area contributed by atoms with E-state index < -0.39 is 11.5 Å². The lowest BCUT2D eigenvalue weighted by Crippen LogP contribution is -2.43. The molecule has 0 unspecified atom stereocenters. The van der Waals surface area contributed by atoms with Crippen molar-refractivity contribution in [1.82, 2.24) is 14.4 Å². The van der Waals surface area contributed by atoms with Crippen molar-refractivity contribution in [3.05, 3.63) is 72.6 Å². The molecule has 6 rings (SSSR count). The highest BCUT2D eigenvalue weighted by atomic mass is 32.1. The highest BCUT2D eigenvalue weighted by Crippen LogP contribution is 2.39. The number of carbonyl (C=O) groups is 2. The van der Waals surface area contributed by atoms with E-state index in [0.717, 1.165) is 11.3 Å². The minimum Gasteiger partial charge on any atom is -0.493 e. The largest absolute Gasteiger partial charge is 0.493 e. The number of fused-ring (bicyclic) bond motifs is 1. The predicted molar refractivity (Wildman–Crippen MR) is 188 cm³/mol. The van der Waals surface area contributed by atoms with Crippen molar-refractivity contribution in [3.8, 4) is 35.1 Å². The molecule has 1 aromatic heterocycles. The molecule has 2 fully saturated rings. The number of aromatic nitrogens is 1. The number of hydrogen-bond donors (Lipinski definition) is 1. The maximum atomic E-state index is 13.7. The average molecular weight is 729 g/mol. The lowest BCUT2D eigenvalue weighted by molar-refractivity contribution is -0.138. The molecule has 0 aliphatic carbocycles. The molecule has 0 saturated carbocycles. The maximum Gasteiger partial charge on any atom is 0.274 e. The number of morpholine rings is 2. The van der Waals surface area contributed by atoms with Crippen LogP contribution in [0.4, 0.5) is 0 Å². The molecule has 15 nitrogen and oxygen atoms in total. The molecule has 3 aliphatic heterocycles. The first-order valence-electron chi connectivity index (χ1n) is 16.4. The summed E-state index contributed by atoms with van der Waals surface area (Å²) in [6.07, 6.45) is 1.63. The maximum absolute atomic E-state index is 13.7. The molecule has 2 N–H and O–H groups in total. The summed E-state index contributed by atoms with van der Waals surface area (Å²) in [5.74, 6) is -0.0541. The molecule has 0 spiro atoms. The van der Waals surface area contributed by atoms with Gasteiger partial charge in [-0.05, 0) is 41.5 Å². The molecule has 2 amide bonds. The second kappa shape index (κ2) is 16.0. The Kier molecular flexibility index (Phi) is 11.1. The van der Waals surface area contributed by atoms with Gasteiger partial charge in [0.15, 0.2) is 36.2 Å². The predicted octanol–water partition coefficient (Wildman–Crippen LogP) is 0.354. The van der Waals surface area contributed by atoms with Crippen LogP contribution in [-0.2, 0) is 19.1 Å². The van der Waals surface area contributed by atoms with Crippen LogP contribution in [0.2, 0.25) is 0 Å². The molecule has 2 aromatic carbocycles. The molecular formula is C36H36N6O9S. The molecule has 3 aromatic rings. The summed E-state index contributed by atoms with van der Waals surface area (Å²) in [5.41, 5.74) is 7.25. The van der Waals surface area contributed by atoms with Gasteiger partial charge in [0, 0.05) is 26.2 Å². The van der Waals surface area contributed by atoms with Crippen LogP contribution in [0, 0.1) is 22.7 Å². The molecule has 0 bridgehead atoms. The van der Waals surface area contributed by atoms with Crippen molar-refractivity contribution in [1.29, 1.82) is 10.5 Å². The number of nitrogens with two attached hydrogens (primary N) is 1. The number of rotatable bonds is 10. The van der Waals surface area contributed by atoms with E-state index in [-0.39, 0.29) is 56.9 Å². The summed E-state index contributed by atoms with van der Waals surface area (Å²) in [7, 11) is 2.91. The van der Waals surface area contributed by atoms with E-state index >= 15 is 0 Å². The molecule has 270 valence electrons. The van der Waals surface area contributed by atoms with E-state index in [1.165, 1.54) is 18.8 Å². The zero-order valence-corrected chi connectivity index (χ0v) is 29.4. The summed E-state index contributed by atoms with van der Waals surface area (Å²) >= 11 is 1.06. The summed E-state index contributed by atoms with van der Waals surface area (Å²) in [4.78, 5) is 42.3. The van der Waals surface area contributed by atoms with E-state index in [2.05, 4.69) is 12.1 Å².